The van der Waals surface area contributed by atoms with E-state index in [0.29, 0.717) is 13.0 Å². The Balaban J connectivity index is 2.65. The molecule has 0 saturated heterocycles. The molecule has 18 heavy (non-hydrogen) atoms. The molecule has 1 rings (SSSR count). The Kier molecular flexibility index (Phi) is 6.85. The number of nitriles is 1. The van der Waals surface area contributed by atoms with E-state index in [1.807, 2.05) is 24.3 Å². The van der Waals surface area contributed by atoms with Gasteiger partial charge in [0.05, 0.1) is 19.8 Å². The second-order valence-electron chi connectivity index (χ2n) is 3.99. The van der Waals surface area contributed by atoms with Gasteiger partial charge in [-0.05, 0) is 6.07 Å². The van der Waals surface area contributed by atoms with Crippen molar-refractivity contribution < 1.29 is 9.47 Å². The maximum atomic E-state index is 8.67. The zero-order valence-corrected chi connectivity index (χ0v) is 11.1. The van der Waals surface area contributed by atoms with Crippen molar-refractivity contribution in [2.75, 3.05) is 33.9 Å². The standard InChI is InChI=1S/C14H20N2O2/c1-17-11-10-16(9-5-8-15)12-13-6-3-4-7-14(13)18-2/h3-4,6-7H,5,9-12H2,1-2H3. The third-order valence-corrected chi connectivity index (χ3v) is 2.74. The largest absolute Gasteiger partial charge is 0.496 e. The van der Waals surface area contributed by atoms with E-state index < -0.39 is 0 Å². The lowest BCUT2D eigenvalue weighted by Crippen LogP contribution is -2.28. The minimum absolute atomic E-state index is 0.527. The molecule has 1 aromatic rings. The van der Waals surface area contributed by atoms with Crippen molar-refractivity contribution in [1.82, 2.24) is 4.90 Å². The zero-order valence-electron chi connectivity index (χ0n) is 11.1. The van der Waals surface area contributed by atoms with Gasteiger partial charge in [0.25, 0.3) is 0 Å². The van der Waals surface area contributed by atoms with E-state index in [1.54, 1.807) is 14.2 Å². The topological polar surface area (TPSA) is 45.5 Å². The van der Waals surface area contributed by atoms with Crippen LogP contribution < -0.4 is 4.74 Å². The highest BCUT2D eigenvalue weighted by atomic mass is 16.5. The molecule has 0 N–H and O–H groups in total. The molecule has 0 aliphatic heterocycles. The van der Waals surface area contributed by atoms with Gasteiger partial charge in [0.1, 0.15) is 5.75 Å². The second kappa shape index (κ2) is 8.51. The van der Waals surface area contributed by atoms with Crippen LogP contribution in [0.3, 0.4) is 0 Å². The normalized spacial score (nSPS) is 10.3. The average molecular weight is 248 g/mol. The highest BCUT2D eigenvalue weighted by Crippen LogP contribution is 2.19. The molecule has 1 aromatic carbocycles. The summed E-state index contributed by atoms with van der Waals surface area (Å²) in [7, 11) is 3.36. The Morgan fingerprint density at radius 1 is 1.22 bits per heavy atom. The van der Waals surface area contributed by atoms with Crippen LogP contribution in [0.2, 0.25) is 0 Å². The molecule has 0 unspecified atom stereocenters. The van der Waals surface area contributed by atoms with Crippen LogP contribution in [0.1, 0.15) is 12.0 Å². The minimum Gasteiger partial charge on any atom is -0.496 e. The van der Waals surface area contributed by atoms with E-state index in [9.17, 15) is 0 Å². The maximum Gasteiger partial charge on any atom is 0.123 e. The highest BCUT2D eigenvalue weighted by Gasteiger charge is 2.09. The van der Waals surface area contributed by atoms with Crippen LogP contribution in [-0.4, -0.2) is 38.8 Å². The first kappa shape index (κ1) is 14.5. The smallest absolute Gasteiger partial charge is 0.123 e. The summed E-state index contributed by atoms with van der Waals surface area (Å²) in [5.74, 6) is 0.886. The van der Waals surface area contributed by atoms with E-state index in [4.69, 9.17) is 14.7 Å². The number of benzene rings is 1. The van der Waals surface area contributed by atoms with Gasteiger partial charge in [0, 0.05) is 38.7 Å². The summed E-state index contributed by atoms with van der Waals surface area (Å²) in [6, 6.07) is 10.1. The van der Waals surface area contributed by atoms with E-state index in [-0.39, 0.29) is 0 Å². The lowest BCUT2D eigenvalue weighted by Gasteiger charge is -2.21. The van der Waals surface area contributed by atoms with Crippen LogP contribution in [0, 0.1) is 11.3 Å². The Morgan fingerprint density at radius 3 is 2.67 bits per heavy atom. The number of hydrogen-bond donors (Lipinski definition) is 0. The van der Waals surface area contributed by atoms with Crippen LogP contribution in [0.25, 0.3) is 0 Å². The molecule has 0 spiro atoms. The van der Waals surface area contributed by atoms with E-state index >= 15 is 0 Å². The van der Waals surface area contributed by atoms with Crippen molar-refractivity contribution in [3.63, 3.8) is 0 Å². The molecule has 0 atom stereocenters. The first-order chi connectivity index (χ1) is 8.81. The van der Waals surface area contributed by atoms with Gasteiger partial charge in [0.15, 0.2) is 0 Å². The highest BCUT2D eigenvalue weighted by molar-refractivity contribution is 5.33. The number of ether oxygens (including phenoxy) is 2. The van der Waals surface area contributed by atoms with Gasteiger partial charge >= 0.3 is 0 Å². The summed E-state index contributed by atoms with van der Waals surface area (Å²) < 4.78 is 10.4. The predicted molar refractivity (Wildman–Crippen MR) is 70.4 cm³/mol. The fourth-order valence-corrected chi connectivity index (χ4v) is 1.77. The average Bonchev–Trinajstić information content (AvgIpc) is 2.42. The molecule has 0 saturated carbocycles. The molecule has 0 radical (unpaired) electrons. The summed E-state index contributed by atoms with van der Waals surface area (Å²) in [5, 5.41) is 8.67. The molecule has 4 nitrogen and oxygen atoms in total. The van der Waals surface area contributed by atoms with Crippen LogP contribution in [0.15, 0.2) is 24.3 Å². The van der Waals surface area contributed by atoms with E-state index in [2.05, 4.69) is 11.0 Å². The van der Waals surface area contributed by atoms with Gasteiger partial charge in [-0.25, -0.2) is 0 Å². The quantitative estimate of drug-likeness (QED) is 0.706. The van der Waals surface area contributed by atoms with Gasteiger partial charge in [0.2, 0.25) is 0 Å². The molecule has 0 fully saturated rings. The minimum atomic E-state index is 0.527. The van der Waals surface area contributed by atoms with E-state index in [0.717, 1.165) is 30.9 Å². The molecular formula is C14H20N2O2. The molecule has 0 heterocycles. The number of nitrogens with zero attached hydrogens (tertiary/aromatic N) is 2. The Bertz CT molecular complexity index is 388. The van der Waals surface area contributed by atoms with E-state index in [1.165, 1.54) is 0 Å². The summed E-state index contributed by atoms with van der Waals surface area (Å²) in [6.07, 6.45) is 0.527. The van der Waals surface area contributed by atoms with Crippen molar-refractivity contribution in [3.05, 3.63) is 29.8 Å². The van der Waals surface area contributed by atoms with Gasteiger partial charge in [-0.15, -0.1) is 0 Å². The van der Waals surface area contributed by atoms with Crippen molar-refractivity contribution in [3.8, 4) is 11.8 Å². The summed E-state index contributed by atoms with van der Waals surface area (Å²) >= 11 is 0. The Hall–Kier alpha value is -1.57. The number of hydrogen-bond acceptors (Lipinski definition) is 4. The third kappa shape index (κ3) is 4.74. The molecule has 0 aliphatic rings. The van der Waals surface area contributed by atoms with Gasteiger partial charge in [-0.2, -0.15) is 5.26 Å². The second-order valence-corrected chi connectivity index (χ2v) is 3.99. The van der Waals surface area contributed by atoms with Crippen molar-refractivity contribution >= 4 is 0 Å². The van der Waals surface area contributed by atoms with Gasteiger partial charge in [-0.1, -0.05) is 18.2 Å². The molecular weight excluding hydrogens is 228 g/mol. The first-order valence-corrected chi connectivity index (χ1v) is 6.02. The molecule has 98 valence electrons. The van der Waals surface area contributed by atoms with Gasteiger partial charge < -0.3 is 9.47 Å². The molecule has 0 amide bonds. The fourth-order valence-electron chi connectivity index (χ4n) is 1.77. The summed E-state index contributed by atoms with van der Waals surface area (Å²) in [5.41, 5.74) is 1.13. The van der Waals surface area contributed by atoms with Gasteiger partial charge in [-0.3, -0.25) is 4.90 Å². The summed E-state index contributed by atoms with van der Waals surface area (Å²) in [6.45, 7) is 3.00. The van der Waals surface area contributed by atoms with Crippen LogP contribution in [0.4, 0.5) is 0 Å². The van der Waals surface area contributed by atoms with Crippen LogP contribution >= 0.6 is 0 Å². The first-order valence-electron chi connectivity index (χ1n) is 6.02. The summed E-state index contributed by atoms with van der Waals surface area (Å²) in [4.78, 5) is 2.20. The number of para-hydroxylation sites is 1. The van der Waals surface area contributed by atoms with Crippen LogP contribution in [0.5, 0.6) is 5.75 Å². The molecule has 4 heteroatoms. The molecule has 0 bridgehead atoms. The SMILES string of the molecule is COCCN(CCC#N)Cc1ccccc1OC. The lowest BCUT2D eigenvalue weighted by atomic mass is 10.2. The monoisotopic (exact) mass is 248 g/mol. The number of rotatable bonds is 8. The zero-order chi connectivity index (χ0) is 13.2. The molecule has 0 aliphatic carbocycles. The van der Waals surface area contributed by atoms with Crippen LogP contribution in [-0.2, 0) is 11.3 Å². The maximum absolute atomic E-state index is 8.67. The van der Waals surface area contributed by atoms with Crippen molar-refractivity contribution in [2.45, 2.75) is 13.0 Å². The lowest BCUT2D eigenvalue weighted by molar-refractivity contribution is 0.145. The fraction of sp³-hybridized carbons (Fsp3) is 0.500. The van der Waals surface area contributed by atoms with Crippen molar-refractivity contribution in [1.29, 1.82) is 5.26 Å². The van der Waals surface area contributed by atoms with Crippen molar-refractivity contribution in [2.24, 2.45) is 0 Å². The third-order valence-electron chi connectivity index (χ3n) is 2.74. The number of methoxy groups -OCH3 is 2. The Labute approximate surface area is 109 Å². The predicted octanol–water partition coefficient (Wildman–Crippen LogP) is 2.06. The Morgan fingerprint density at radius 2 is 2.00 bits per heavy atom. The molecule has 0 aromatic heterocycles.